The van der Waals surface area contributed by atoms with E-state index in [0.717, 1.165) is 0 Å². The number of rotatable bonds is 5. The largest absolute Gasteiger partial charge is 0.466 e. The van der Waals surface area contributed by atoms with E-state index < -0.39 is 0 Å². The highest BCUT2D eigenvalue weighted by Crippen LogP contribution is 1.96. The lowest BCUT2D eigenvalue weighted by Gasteiger charge is -1.99. The predicted molar refractivity (Wildman–Crippen MR) is 41.2 cm³/mol. The average molecular weight is 158 g/mol. The summed E-state index contributed by atoms with van der Waals surface area (Å²) in [6.07, 6.45) is 1.04. The molecule has 0 amide bonds. The first-order valence-corrected chi connectivity index (χ1v) is 3.88. The van der Waals surface area contributed by atoms with Gasteiger partial charge in [0.2, 0.25) is 0 Å². The molecule has 0 aromatic heterocycles. The van der Waals surface area contributed by atoms with Gasteiger partial charge in [0, 0.05) is 12.8 Å². The summed E-state index contributed by atoms with van der Waals surface area (Å²) in [5.41, 5.74) is 0. The predicted octanol–water partition coefficient (Wildman–Crippen LogP) is 1.31. The fourth-order valence-electron chi connectivity index (χ4n) is 0.651. The van der Waals surface area contributed by atoms with Gasteiger partial charge in [0.05, 0.1) is 13.0 Å². The number of Topliss-reactive ketones (excluding diaryl/α,β-unsaturated/α-hetero) is 1. The van der Waals surface area contributed by atoms with Crippen molar-refractivity contribution < 1.29 is 14.3 Å². The maximum absolute atomic E-state index is 10.7. The summed E-state index contributed by atoms with van der Waals surface area (Å²) in [5, 5.41) is 0. The highest BCUT2D eigenvalue weighted by atomic mass is 16.5. The molecule has 0 aliphatic carbocycles. The molecule has 0 saturated heterocycles. The van der Waals surface area contributed by atoms with Crippen molar-refractivity contribution in [3.8, 4) is 0 Å². The van der Waals surface area contributed by atoms with Crippen LogP contribution in [0.2, 0.25) is 0 Å². The van der Waals surface area contributed by atoms with Gasteiger partial charge in [-0.2, -0.15) is 0 Å². The summed E-state index contributed by atoms with van der Waals surface area (Å²) in [7, 11) is 0. The Morgan fingerprint density at radius 2 is 1.82 bits per heavy atom. The van der Waals surface area contributed by atoms with Crippen LogP contribution in [0.4, 0.5) is 0 Å². The highest BCUT2D eigenvalue weighted by molar-refractivity contribution is 5.82. The lowest BCUT2D eigenvalue weighted by molar-refractivity contribution is -0.144. The maximum Gasteiger partial charge on any atom is 0.306 e. The van der Waals surface area contributed by atoms with E-state index in [1.54, 1.807) is 13.8 Å². The van der Waals surface area contributed by atoms with Crippen LogP contribution in [0.3, 0.4) is 0 Å². The van der Waals surface area contributed by atoms with Gasteiger partial charge in [-0.3, -0.25) is 9.59 Å². The van der Waals surface area contributed by atoms with Crippen LogP contribution in [-0.4, -0.2) is 18.4 Å². The number of carbonyl (C=O) groups excluding carboxylic acids is 2. The van der Waals surface area contributed by atoms with Gasteiger partial charge in [0.25, 0.3) is 0 Å². The molecule has 0 atom stereocenters. The summed E-state index contributed by atoms with van der Waals surface area (Å²) < 4.78 is 4.65. The van der Waals surface area contributed by atoms with Gasteiger partial charge >= 0.3 is 5.97 Å². The second kappa shape index (κ2) is 5.89. The molecular formula is C8H14O3. The zero-order chi connectivity index (χ0) is 8.69. The molecule has 0 aromatic rings. The van der Waals surface area contributed by atoms with E-state index in [1.807, 2.05) is 0 Å². The Labute approximate surface area is 66.7 Å². The Hall–Kier alpha value is -0.860. The third-order valence-electron chi connectivity index (χ3n) is 1.31. The molecule has 11 heavy (non-hydrogen) atoms. The summed E-state index contributed by atoms with van der Waals surface area (Å²) in [4.78, 5) is 21.4. The van der Waals surface area contributed by atoms with E-state index in [1.165, 1.54) is 0 Å². The van der Waals surface area contributed by atoms with Crippen LogP contribution in [-0.2, 0) is 14.3 Å². The zero-order valence-corrected chi connectivity index (χ0v) is 7.05. The normalized spacial score (nSPS) is 9.27. The molecule has 0 saturated carbocycles. The first-order valence-electron chi connectivity index (χ1n) is 3.88. The van der Waals surface area contributed by atoms with Crippen molar-refractivity contribution in [1.82, 2.24) is 0 Å². The molecule has 0 fully saturated rings. The first kappa shape index (κ1) is 10.1. The summed E-state index contributed by atoms with van der Waals surface area (Å²) >= 11 is 0. The summed E-state index contributed by atoms with van der Waals surface area (Å²) in [6, 6.07) is 0. The number of esters is 1. The number of hydrogen-bond donors (Lipinski definition) is 0. The molecule has 0 N–H and O–H groups in total. The molecule has 0 unspecified atom stereocenters. The summed E-state index contributed by atoms with van der Waals surface area (Å²) in [5.74, 6) is -0.174. The maximum atomic E-state index is 10.7. The van der Waals surface area contributed by atoms with Crippen LogP contribution in [0, 0.1) is 0 Å². The Morgan fingerprint density at radius 1 is 1.18 bits per heavy atom. The van der Waals surface area contributed by atoms with Gasteiger partial charge in [-0.1, -0.05) is 6.92 Å². The second-order valence-corrected chi connectivity index (χ2v) is 2.20. The van der Waals surface area contributed by atoms with Crippen molar-refractivity contribution in [3.63, 3.8) is 0 Å². The standard InChI is InChI=1S/C8H14O3/c1-3-7(9)5-6-8(10)11-4-2/h3-6H2,1-2H3. The van der Waals surface area contributed by atoms with Gasteiger partial charge in [-0.05, 0) is 6.92 Å². The Kier molecular flexibility index (Phi) is 5.43. The SMILES string of the molecule is CCOC(=O)CCC(=O)CC. The smallest absolute Gasteiger partial charge is 0.306 e. The van der Waals surface area contributed by atoms with Crippen molar-refractivity contribution in [3.05, 3.63) is 0 Å². The minimum atomic E-state index is -0.283. The van der Waals surface area contributed by atoms with Gasteiger partial charge < -0.3 is 4.74 Å². The molecule has 0 bridgehead atoms. The Bertz CT molecular complexity index is 140. The monoisotopic (exact) mass is 158 g/mol. The van der Waals surface area contributed by atoms with E-state index >= 15 is 0 Å². The van der Waals surface area contributed by atoms with Gasteiger partial charge in [-0.25, -0.2) is 0 Å². The van der Waals surface area contributed by atoms with Crippen LogP contribution in [0.25, 0.3) is 0 Å². The van der Waals surface area contributed by atoms with Crippen molar-refractivity contribution in [2.75, 3.05) is 6.61 Å². The number of hydrogen-bond acceptors (Lipinski definition) is 3. The van der Waals surface area contributed by atoms with Crippen LogP contribution < -0.4 is 0 Å². The van der Waals surface area contributed by atoms with E-state index in [-0.39, 0.29) is 18.2 Å². The van der Waals surface area contributed by atoms with Crippen molar-refractivity contribution in [2.24, 2.45) is 0 Å². The van der Waals surface area contributed by atoms with Gasteiger partial charge in [-0.15, -0.1) is 0 Å². The molecule has 0 radical (unpaired) electrons. The first-order chi connectivity index (χ1) is 5.20. The molecule has 0 spiro atoms. The van der Waals surface area contributed by atoms with Crippen LogP contribution in [0.15, 0.2) is 0 Å². The third-order valence-corrected chi connectivity index (χ3v) is 1.31. The fraction of sp³-hybridized carbons (Fsp3) is 0.750. The molecular weight excluding hydrogens is 144 g/mol. The van der Waals surface area contributed by atoms with Crippen molar-refractivity contribution in [1.29, 1.82) is 0 Å². The molecule has 0 aliphatic rings. The molecule has 3 heteroatoms. The van der Waals surface area contributed by atoms with Gasteiger partial charge in [0.1, 0.15) is 5.78 Å². The van der Waals surface area contributed by atoms with Gasteiger partial charge in [0.15, 0.2) is 0 Å². The molecule has 0 heterocycles. The quantitative estimate of drug-likeness (QED) is 0.566. The van der Waals surface area contributed by atoms with E-state index in [4.69, 9.17) is 0 Å². The fourth-order valence-corrected chi connectivity index (χ4v) is 0.651. The number of ether oxygens (including phenoxy) is 1. The second-order valence-electron chi connectivity index (χ2n) is 2.20. The highest BCUT2D eigenvalue weighted by Gasteiger charge is 2.04. The summed E-state index contributed by atoms with van der Waals surface area (Å²) in [6.45, 7) is 3.92. The molecule has 3 nitrogen and oxygen atoms in total. The minimum Gasteiger partial charge on any atom is -0.466 e. The molecule has 0 aromatic carbocycles. The molecule has 0 aliphatic heterocycles. The number of ketones is 1. The Morgan fingerprint density at radius 3 is 2.27 bits per heavy atom. The molecule has 64 valence electrons. The zero-order valence-electron chi connectivity index (χ0n) is 7.05. The average Bonchev–Trinajstić information content (AvgIpc) is 2.01. The van der Waals surface area contributed by atoms with Crippen molar-refractivity contribution >= 4 is 11.8 Å². The third kappa shape index (κ3) is 5.58. The molecule has 0 rings (SSSR count). The van der Waals surface area contributed by atoms with Crippen LogP contribution >= 0.6 is 0 Å². The minimum absolute atomic E-state index is 0.109. The number of carbonyl (C=O) groups is 2. The van der Waals surface area contributed by atoms with Crippen molar-refractivity contribution in [2.45, 2.75) is 33.1 Å². The van der Waals surface area contributed by atoms with E-state index in [0.29, 0.717) is 19.4 Å². The van der Waals surface area contributed by atoms with E-state index in [2.05, 4.69) is 4.74 Å². The van der Waals surface area contributed by atoms with Crippen LogP contribution in [0.1, 0.15) is 33.1 Å². The van der Waals surface area contributed by atoms with Crippen LogP contribution in [0.5, 0.6) is 0 Å². The van der Waals surface area contributed by atoms with E-state index in [9.17, 15) is 9.59 Å². The topological polar surface area (TPSA) is 43.4 Å². The Balaban J connectivity index is 3.38. The lowest BCUT2D eigenvalue weighted by atomic mass is 10.2. The lowest BCUT2D eigenvalue weighted by Crippen LogP contribution is -2.06.